The van der Waals surface area contributed by atoms with Gasteiger partial charge in [0.25, 0.3) is 16.0 Å². The van der Waals surface area contributed by atoms with Crippen molar-refractivity contribution >= 4 is 21.7 Å². The molecule has 0 bridgehead atoms. The Bertz CT molecular complexity index is 851. The molecule has 1 amide bonds. The number of nitrogens with one attached hydrogen (secondary N) is 1. The number of benzene rings is 2. The molecule has 134 valence electrons. The number of anilines is 1. The van der Waals surface area contributed by atoms with Crippen molar-refractivity contribution in [1.29, 1.82) is 0 Å². The molecule has 2 aromatic carbocycles. The molecule has 8 nitrogen and oxygen atoms in total. The summed E-state index contributed by atoms with van der Waals surface area (Å²) in [5, 5.41) is 2.61. The van der Waals surface area contributed by atoms with Crippen LogP contribution in [0.3, 0.4) is 0 Å². The molecular formula is C16H17NO7S. The summed E-state index contributed by atoms with van der Waals surface area (Å²) < 4.78 is 46.6. The van der Waals surface area contributed by atoms with Gasteiger partial charge in [-0.1, -0.05) is 0 Å². The Kier molecular flexibility index (Phi) is 5.50. The van der Waals surface area contributed by atoms with Gasteiger partial charge in [-0.3, -0.25) is 9.35 Å². The number of hydrogen-bond donors (Lipinski definition) is 2. The Balaban J connectivity index is 2.35. The van der Waals surface area contributed by atoms with Gasteiger partial charge in [0, 0.05) is 17.8 Å². The lowest BCUT2D eigenvalue weighted by molar-refractivity contribution is 0.102. The number of carbonyl (C=O) groups is 1. The minimum absolute atomic E-state index is 0.157. The number of carbonyl (C=O) groups excluding carboxylic acids is 1. The minimum atomic E-state index is -4.30. The van der Waals surface area contributed by atoms with Crippen LogP contribution < -0.4 is 19.5 Å². The maximum absolute atomic E-state index is 12.6. The molecule has 0 spiro atoms. The molecule has 0 aliphatic heterocycles. The van der Waals surface area contributed by atoms with Gasteiger partial charge < -0.3 is 19.5 Å². The molecular weight excluding hydrogens is 350 g/mol. The van der Waals surface area contributed by atoms with Gasteiger partial charge in [-0.05, 0) is 24.3 Å². The summed E-state index contributed by atoms with van der Waals surface area (Å²) in [6.45, 7) is 0. The fourth-order valence-electron chi connectivity index (χ4n) is 2.13. The van der Waals surface area contributed by atoms with E-state index < -0.39 is 16.0 Å². The van der Waals surface area contributed by atoms with Crippen molar-refractivity contribution in [3.63, 3.8) is 0 Å². The third-order valence-electron chi connectivity index (χ3n) is 3.35. The smallest absolute Gasteiger partial charge is 0.294 e. The van der Waals surface area contributed by atoms with Gasteiger partial charge in [0.2, 0.25) is 0 Å². The van der Waals surface area contributed by atoms with Crippen LogP contribution in [0.25, 0.3) is 0 Å². The second kappa shape index (κ2) is 7.41. The van der Waals surface area contributed by atoms with E-state index in [0.29, 0.717) is 11.4 Å². The topological polar surface area (TPSA) is 111 Å². The van der Waals surface area contributed by atoms with Gasteiger partial charge in [0.15, 0.2) is 0 Å². The first kappa shape index (κ1) is 18.6. The van der Waals surface area contributed by atoms with Crippen LogP contribution in [0, 0.1) is 0 Å². The van der Waals surface area contributed by atoms with E-state index in [1.807, 2.05) is 0 Å². The molecule has 0 saturated heterocycles. The molecule has 2 N–H and O–H groups in total. The Labute approximate surface area is 145 Å². The van der Waals surface area contributed by atoms with Crippen molar-refractivity contribution in [3.05, 3.63) is 42.0 Å². The number of hydrogen-bond acceptors (Lipinski definition) is 6. The van der Waals surface area contributed by atoms with Crippen LogP contribution in [0.4, 0.5) is 5.69 Å². The lowest BCUT2D eigenvalue weighted by atomic mass is 10.1. The Morgan fingerprint density at radius 3 is 1.88 bits per heavy atom. The first-order valence-corrected chi connectivity index (χ1v) is 8.43. The number of methoxy groups -OCH3 is 3. The van der Waals surface area contributed by atoms with Crippen LogP contribution >= 0.6 is 0 Å². The Morgan fingerprint density at radius 2 is 1.48 bits per heavy atom. The molecule has 0 fully saturated rings. The number of rotatable bonds is 6. The highest BCUT2D eigenvalue weighted by molar-refractivity contribution is 7.85. The van der Waals surface area contributed by atoms with E-state index in [2.05, 4.69) is 5.32 Å². The van der Waals surface area contributed by atoms with Gasteiger partial charge in [-0.2, -0.15) is 8.42 Å². The van der Waals surface area contributed by atoms with Crippen molar-refractivity contribution in [2.45, 2.75) is 4.90 Å². The van der Waals surface area contributed by atoms with E-state index in [4.69, 9.17) is 18.8 Å². The van der Waals surface area contributed by atoms with E-state index in [9.17, 15) is 13.2 Å². The maximum atomic E-state index is 12.6. The zero-order chi connectivity index (χ0) is 18.6. The first-order valence-electron chi connectivity index (χ1n) is 6.99. The second-order valence-corrected chi connectivity index (χ2v) is 6.28. The van der Waals surface area contributed by atoms with Crippen LogP contribution in [0.1, 0.15) is 10.4 Å². The summed E-state index contributed by atoms with van der Waals surface area (Å²) in [7, 11) is -0.00170. The molecule has 25 heavy (non-hydrogen) atoms. The van der Waals surface area contributed by atoms with Gasteiger partial charge >= 0.3 is 0 Å². The van der Waals surface area contributed by atoms with Crippen molar-refractivity contribution in [3.8, 4) is 17.2 Å². The quantitative estimate of drug-likeness (QED) is 0.753. The van der Waals surface area contributed by atoms with Gasteiger partial charge in [0.1, 0.15) is 22.8 Å². The van der Waals surface area contributed by atoms with Crippen LogP contribution in [0.5, 0.6) is 17.2 Å². The molecule has 2 aromatic rings. The molecule has 0 radical (unpaired) electrons. The largest absolute Gasteiger partial charge is 0.496 e. The lowest BCUT2D eigenvalue weighted by Gasteiger charge is -2.15. The predicted molar refractivity (Wildman–Crippen MR) is 90.3 cm³/mol. The molecule has 0 heterocycles. The van der Waals surface area contributed by atoms with Crippen LogP contribution in [0.15, 0.2) is 41.3 Å². The molecule has 2 rings (SSSR count). The van der Waals surface area contributed by atoms with Crippen molar-refractivity contribution in [2.24, 2.45) is 0 Å². The summed E-state index contributed by atoms with van der Waals surface area (Å²) in [4.78, 5) is 12.3. The molecule has 0 unspecified atom stereocenters. The van der Waals surface area contributed by atoms with Crippen LogP contribution in [-0.2, 0) is 10.1 Å². The second-order valence-electron chi connectivity index (χ2n) is 4.86. The molecule has 9 heteroatoms. The molecule has 0 aliphatic carbocycles. The van der Waals surface area contributed by atoms with Gasteiger partial charge in [0.05, 0.1) is 26.2 Å². The zero-order valence-electron chi connectivity index (χ0n) is 13.8. The maximum Gasteiger partial charge on any atom is 0.294 e. The minimum Gasteiger partial charge on any atom is -0.496 e. The SMILES string of the molecule is COc1cc(OC)c(C(=O)Nc2ccc(S(=O)(=O)O)cc2)c(OC)c1. The van der Waals surface area contributed by atoms with E-state index in [1.54, 1.807) is 12.1 Å². The number of ether oxygens (including phenoxy) is 3. The van der Waals surface area contributed by atoms with Crippen molar-refractivity contribution < 1.29 is 32.0 Å². The fraction of sp³-hybridized carbons (Fsp3) is 0.188. The normalized spacial score (nSPS) is 10.9. The highest BCUT2D eigenvalue weighted by Gasteiger charge is 2.21. The summed E-state index contributed by atoms with van der Waals surface area (Å²) in [6, 6.07) is 8.13. The predicted octanol–water partition coefficient (Wildman–Crippen LogP) is 2.21. The van der Waals surface area contributed by atoms with E-state index >= 15 is 0 Å². The standard InChI is InChI=1S/C16H17NO7S/c1-22-11-8-13(23-2)15(14(9-11)24-3)16(18)17-10-4-6-12(7-5-10)25(19,20)21/h4-9H,1-3H3,(H,17,18)(H,19,20,21). The summed E-state index contributed by atoms with van der Waals surface area (Å²) in [5.41, 5.74) is 0.488. The average molecular weight is 367 g/mol. The van der Waals surface area contributed by atoms with Crippen molar-refractivity contribution in [1.82, 2.24) is 0 Å². The van der Waals surface area contributed by atoms with Gasteiger partial charge in [-0.15, -0.1) is 0 Å². The Hall–Kier alpha value is -2.78. The highest BCUT2D eigenvalue weighted by atomic mass is 32.2. The molecule has 0 aliphatic rings. The Morgan fingerprint density at radius 1 is 0.960 bits per heavy atom. The van der Waals surface area contributed by atoms with Gasteiger partial charge in [-0.25, -0.2) is 0 Å². The van der Waals surface area contributed by atoms with Crippen molar-refractivity contribution in [2.75, 3.05) is 26.6 Å². The fourth-order valence-corrected chi connectivity index (χ4v) is 2.61. The monoisotopic (exact) mass is 367 g/mol. The first-order chi connectivity index (χ1) is 11.8. The summed E-state index contributed by atoms with van der Waals surface area (Å²) in [5.74, 6) is 0.449. The third kappa shape index (κ3) is 4.20. The zero-order valence-corrected chi connectivity index (χ0v) is 14.6. The summed E-state index contributed by atoms with van der Waals surface area (Å²) in [6.07, 6.45) is 0. The van der Waals surface area contributed by atoms with E-state index in [-0.39, 0.29) is 22.0 Å². The van der Waals surface area contributed by atoms with E-state index in [0.717, 1.165) is 0 Å². The lowest BCUT2D eigenvalue weighted by Crippen LogP contribution is -2.15. The molecule has 0 aromatic heterocycles. The molecule has 0 saturated carbocycles. The van der Waals surface area contributed by atoms with Crippen LogP contribution in [-0.4, -0.2) is 40.2 Å². The highest BCUT2D eigenvalue weighted by Crippen LogP contribution is 2.34. The van der Waals surface area contributed by atoms with E-state index in [1.165, 1.54) is 45.6 Å². The average Bonchev–Trinajstić information content (AvgIpc) is 2.59. The summed E-state index contributed by atoms with van der Waals surface area (Å²) >= 11 is 0. The van der Waals surface area contributed by atoms with Crippen LogP contribution in [0.2, 0.25) is 0 Å². The molecule has 0 atom stereocenters. The number of amides is 1. The third-order valence-corrected chi connectivity index (χ3v) is 4.22.